The Morgan fingerprint density at radius 3 is 2.38 bits per heavy atom. The first-order chi connectivity index (χ1) is 18.8. The van der Waals surface area contributed by atoms with Crippen molar-refractivity contribution in [1.29, 1.82) is 5.26 Å². The van der Waals surface area contributed by atoms with E-state index >= 15 is 0 Å². The second-order valence-corrected chi connectivity index (χ2v) is 10.5. The van der Waals surface area contributed by atoms with Crippen LogP contribution in [-0.4, -0.2) is 89.5 Å². The molecule has 1 N–H and O–H groups in total. The molecule has 10 heteroatoms. The Morgan fingerprint density at radius 2 is 1.79 bits per heavy atom. The molecule has 1 aromatic carbocycles. The number of nitrogens with one attached hydrogen (secondary N) is 1. The predicted octanol–water partition coefficient (Wildman–Crippen LogP) is 3.60. The van der Waals surface area contributed by atoms with E-state index in [1.165, 1.54) is 11.8 Å². The molecule has 2 heterocycles. The van der Waals surface area contributed by atoms with E-state index in [1.54, 1.807) is 5.01 Å². The van der Waals surface area contributed by atoms with Gasteiger partial charge in [0.2, 0.25) is 5.82 Å². The standard InChI is InChI=1S/C29H39ClN8O/c1-5-11-35(12-6-2)13-14-36-15-17-37(18-16-36)22-24-7-9-25(10-8-24)29(39)34-38(21-23(3)4)28-26(30)20-32-27(19-31)33-28/h5-10,20,23H,1-2,11-18,21-22H2,3-4H3,(H,34,39). The summed E-state index contributed by atoms with van der Waals surface area (Å²) in [6.07, 6.45) is 5.26. The Balaban J connectivity index is 1.53. The van der Waals surface area contributed by atoms with Crippen molar-refractivity contribution >= 4 is 23.3 Å². The van der Waals surface area contributed by atoms with E-state index in [0.29, 0.717) is 17.9 Å². The number of rotatable bonds is 14. The van der Waals surface area contributed by atoms with Gasteiger partial charge in [-0.25, -0.2) is 4.98 Å². The van der Waals surface area contributed by atoms with Gasteiger partial charge in [0.25, 0.3) is 5.91 Å². The first-order valence-electron chi connectivity index (χ1n) is 13.3. The summed E-state index contributed by atoms with van der Waals surface area (Å²) in [6.45, 7) is 21.0. The molecule has 0 unspecified atom stereocenters. The summed E-state index contributed by atoms with van der Waals surface area (Å²) in [6, 6.07) is 9.59. The maximum atomic E-state index is 13.1. The summed E-state index contributed by atoms with van der Waals surface area (Å²) in [5.74, 6) is 0.231. The van der Waals surface area contributed by atoms with Crippen LogP contribution in [0.15, 0.2) is 55.8 Å². The average Bonchev–Trinajstić information content (AvgIpc) is 2.93. The van der Waals surface area contributed by atoms with Crippen molar-refractivity contribution < 1.29 is 4.79 Å². The molecule has 1 aromatic heterocycles. The number of carbonyl (C=O) groups is 1. The molecule has 39 heavy (non-hydrogen) atoms. The van der Waals surface area contributed by atoms with Gasteiger partial charge in [0, 0.05) is 71.0 Å². The fourth-order valence-corrected chi connectivity index (χ4v) is 4.63. The number of amides is 1. The molecular weight excluding hydrogens is 512 g/mol. The molecule has 0 atom stereocenters. The van der Waals surface area contributed by atoms with E-state index in [9.17, 15) is 10.1 Å². The molecule has 3 rings (SSSR count). The van der Waals surface area contributed by atoms with Crippen molar-refractivity contribution in [3.05, 3.63) is 77.7 Å². The van der Waals surface area contributed by atoms with E-state index in [-0.39, 0.29) is 22.7 Å². The van der Waals surface area contributed by atoms with Crippen LogP contribution in [0.3, 0.4) is 0 Å². The normalized spacial score (nSPS) is 14.3. The molecule has 1 aliphatic heterocycles. The minimum atomic E-state index is -0.272. The van der Waals surface area contributed by atoms with Crippen LogP contribution in [0, 0.1) is 17.2 Å². The molecule has 208 valence electrons. The smallest absolute Gasteiger partial charge is 0.269 e. The predicted molar refractivity (Wildman–Crippen MR) is 156 cm³/mol. The van der Waals surface area contributed by atoms with Crippen molar-refractivity contribution in [3.63, 3.8) is 0 Å². The molecule has 1 saturated heterocycles. The molecule has 9 nitrogen and oxygen atoms in total. The molecule has 2 aromatic rings. The molecule has 1 amide bonds. The quantitative estimate of drug-likeness (QED) is 0.282. The molecule has 0 radical (unpaired) electrons. The molecule has 1 aliphatic rings. The Kier molecular flexibility index (Phi) is 11.9. The lowest BCUT2D eigenvalue weighted by atomic mass is 10.1. The third-order valence-corrected chi connectivity index (χ3v) is 6.73. The lowest BCUT2D eigenvalue weighted by Crippen LogP contribution is -2.48. The van der Waals surface area contributed by atoms with Crippen LogP contribution < -0.4 is 10.4 Å². The first-order valence-corrected chi connectivity index (χ1v) is 13.7. The van der Waals surface area contributed by atoms with Crippen LogP contribution in [0.1, 0.15) is 35.6 Å². The summed E-state index contributed by atoms with van der Waals surface area (Å²) < 4.78 is 0. The van der Waals surface area contributed by atoms with E-state index in [1.807, 2.05) is 56.3 Å². The minimum absolute atomic E-state index is 0.00930. The second-order valence-electron chi connectivity index (χ2n) is 10.1. The maximum absolute atomic E-state index is 13.1. The second kappa shape index (κ2) is 15.3. The molecular formula is C29H39ClN8O. The van der Waals surface area contributed by atoms with Crippen LogP contribution in [0.5, 0.6) is 0 Å². The van der Waals surface area contributed by atoms with E-state index in [4.69, 9.17) is 11.6 Å². The van der Waals surface area contributed by atoms with E-state index in [2.05, 4.69) is 43.3 Å². The van der Waals surface area contributed by atoms with Crippen LogP contribution in [0.4, 0.5) is 5.82 Å². The van der Waals surface area contributed by atoms with Gasteiger partial charge in [-0.05, 0) is 23.6 Å². The fraction of sp³-hybridized carbons (Fsp3) is 0.448. The summed E-state index contributed by atoms with van der Waals surface area (Å²) in [7, 11) is 0. The van der Waals surface area contributed by atoms with Crippen molar-refractivity contribution in [2.24, 2.45) is 5.92 Å². The van der Waals surface area contributed by atoms with Gasteiger partial charge in [0.05, 0.1) is 6.20 Å². The van der Waals surface area contributed by atoms with Gasteiger partial charge in [-0.15, -0.1) is 13.2 Å². The summed E-state index contributed by atoms with van der Waals surface area (Å²) in [4.78, 5) is 28.5. The zero-order valence-electron chi connectivity index (χ0n) is 23.0. The Labute approximate surface area is 237 Å². The highest BCUT2D eigenvalue weighted by Gasteiger charge is 2.20. The highest BCUT2D eigenvalue weighted by atomic mass is 35.5. The van der Waals surface area contributed by atoms with Crippen LogP contribution in [0.25, 0.3) is 0 Å². The van der Waals surface area contributed by atoms with Crippen molar-refractivity contribution in [2.45, 2.75) is 20.4 Å². The van der Waals surface area contributed by atoms with Crippen LogP contribution in [-0.2, 0) is 6.54 Å². The summed E-state index contributed by atoms with van der Waals surface area (Å²) in [5.41, 5.74) is 4.59. The third kappa shape index (κ3) is 9.44. The van der Waals surface area contributed by atoms with Gasteiger partial charge in [-0.1, -0.05) is 49.7 Å². The zero-order chi connectivity index (χ0) is 28.2. The Morgan fingerprint density at radius 1 is 1.15 bits per heavy atom. The number of benzene rings is 1. The number of hydrogen-bond donors (Lipinski definition) is 1. The van der Waals surface area contributed by atoms with E-state index in [0.717, 1.165) is 58.9 Å². The number of hydrogen-bond acceptors (Lipinski definition) is 8. The van der Waals surface area contributed by atoms with Gasteiger partial charge in [-0.2, -0.15) is 10.2 Å². The van der Waals surface area contributed by atoms with Gasteiger partial charge >= 0.3 is 0 Å². The number of piperazine rings is 1. The number of hydrazine groups is 1. The van der Waals surface area contributed by atoms with E-state index < -0.39 is 0 Å². The first kappa shape index (κ1) is 30.3. The minimum Gasteiger partial charge on any atom is -0.300 e. The van der Waals surface area contributed by atoms with Gasteiger partial charge in [0.15, 0.2) is 5.82 Å². The summed E-state index contributed by atoms with van der Waals surface area (Å²) in [5, 5.41) is 11.0. The Bertz CT molecular complexity index is 1130. The number of halogens is 1. The van der Waals surface area contributed by atoms with Crippen molar-refractivity contribution in [3.8, 4) is 6.07 Å². The molecule has 0 bridgehead atoms. The largest absolute Gasteiger partial charge is 0.300 e. The maximum Gasteiger partial charge on any atom is 0.269 e. The highest BCUT2D eigenvalue weighted by molar-refractivity contribution is 6.32. The van der Waals surface area contributed by atoms with Crippen molar-refractivity contribution in [2.75, 3.05) is 63.9 Å². The number of carbonyl (C=O) groups excluding carboxylic acids is 1. The molecule has 1 fully saturated rings. The van der Waals surface area contributed by atoms with Crippen molar-refractivity contribution in [1.82, 2.24) is 30.1 Å². The lowest BCUT2D eigenvalue weighted by Gasteiger charge is -2.35. The third-order valence-electron chi connectivity index (χ3n) is 6.46. The Hall–Kier alpha value is -3.29. The number of aromatic nitrogens is 2. The number of nitrogens with zero attached hydrogens (tertiary/aromatic N) is 7. The SMILES string of the molecule is C=CCN(CC=C)CCN1CCN(Cc2ccc(C(=O)NN(CC(C)C)c3nc(C#N)ncc3Cl)cc2)CC1. The van der Waals surface area contributed by atoms with Gasteiger partial charge in [-0.3, -0.25) is 29.9 Å². The highest BCUT2D eigenvalue weighted by Crippen LogP contribution is 2.22. The monoisotopic (exact) mass is 550 g/mol. The van der Waals surface area contributed by atoms with Crippen LogP contribution in [0.2, 0.25) is 5.02 Å². The number of nitriles is 1. The fourth-order valence-electron chi connectivity index (χ4n) is 4.43. The van der Waals surface area contributed by atoms with Crippen LogP contribution >= 0.6 is 11.6 Å². The molecule has 0 aliphatic carbocycles. The summed E-state index contributed by atoms with van der Waals surface area (Å²) >= 11 is 6.30. The topological polar surface area (TPSA) is 91.6 Å². The van der Waals surface area contributed by atoms with Gasteiger partial charge in [0.1, 0.15) is 11.1 Å². The molecule has 0 saturated carbocycles. The molecule has 0 spiro atoms. The zero-order valence-corrected chi connectivity index (χ0v) is 23.8. The van der Waals surface area contributed by atoms with Gasteiger partial charge < -0.3 is 0 Å². The average molecular weight is 551 g/mol. The lowest BCUT2D eigenvalue weighted by molar-refractivity contribution is 0.0947. The number of anilines is 1.